The third-order valence-electron chi connectivity index (χ3n) is 3.33. The van der Waals surface area contributed by atoms with Crippen LogP contribution in [0.25, 0.3) is 0 Å². The quantitative estimate of drug-likeness (QED) is 0.740. The number of nitrogens with one attached hydrogen (secondary N) is 1. The van der Waals surface area contributed by atoms with Gasteiger partial charge in [-0.05, 0) is 25.3 Å². The van der Waals surface area contributed by atoms with Crippen molar-refractivity contribution in [2.24, 2.45) is 0 Å². The van der Waals surface area contributed by atoms with Gasteiger partial charge in [0.1, 0.15) is 5.76 Å². The smallest absolute Gasteiger partial charge is 0.108 e. The van der Waals surface area contributed by atoms with Crippen molar-refractivity contribution in [1.82, 2.24) is 5.32 Å². The van der Waals surface area contributed by atoms with E-state index in [4.69, 9.17) is 9.15 Å². The fourth-order valence-electron chi connectivity index (χ4n) is 2.35. The zero-order valence-electron chi connectivity index (χ0n) is 10.7. The molecule has 3 nitrogen and oxygen atoms in total. The van der Waals surface area contributed by atoms with Crippen LogP contribution in [0.2, 0.25) is 0 Å². The molecule has 1 atom stereocenters. The number of fused-ring (bicyclic) bond motifs is 1. The summed E-state index contributed by atoms with van der Waals surface area (Å²) in [4.78, 5) is 0. The van der Waals surface area contributed by atoms with Crippen LogP contribution in [0.3, 0.4) is 0 Å². The van der Waals surface area contributed by atoms with E-state index in [9.17, 15) is 0 Å². The number of unbranched alkanes of at least 4 members (excludes halogenated alkanes) is 1. The SMILES string of the molecule is CCCCOCCNC1CCCc2occc21. The van der Waals surface area contributed by atoms with E-state index in [0.717, 1.165) is 32.6 Å². The minimum Gasteiger partial charge on any atom is -0.469 e. The molecule has 3 heteroatoms. The predicted molar refractivity (Wildman–Crippen MR) is 68.1 cm³/mol. The molecule has 0 bridgehead atoms. The van der Waals surface area contributed by atoms with E-state index in [0.29, 0.717) is 6.04 Å². The highest BCUT2D eigenvalue weighted by molar-refractivity contribution is 5.23. The van der Waals surface area contributed by atoms with Gasteiger partial charge in [-0.1, -0.05) is 13.3 Å². The van der Waals surface area contributed by atoms with Crippen LogP contribution >= 0.6 is 0 Å². The second kappa shape index (κ2) is 6.82. The maximum Gasteiger partial charge on any atom is 0.108 e. The van der Waals surface area contributed by atoms with Crippen LogP contribution in [0.4, 0.5) is 0 Å². The molecule has 0 saturated carbocycles. The Labute approximate surface area is 104 Å². The van der Waals surface area contributed by atoms with Crippen LogP contribution in [0.15, 0.2) is 16.7 Å². The second-order valence-corrected chi connectivity index (χ2v) is 4.66. The zero-order valence-corrected chi connectivity index (χ0v) is 10.7. The number of ether oxygens (including phenoxy) is 1. The van der Waals surface area contributed by atoms with Crippen molar-refractivity contribution < 1.29 is 9.15 Å². The lowest BCUT2D eigenvalue weighted by Gasteiger charge is -2.22. The number of furan rings is 1. The summed E-state index contributed by atoms with van der Waals surface area (Å²) in [6.45, 7) is 4.81. The monoisotopic (exact) mass is 237 g/mol. The number of hydrogen-bond acceptors (Lipinski definition) is 3. The molecule has 0 aromatic carbocycles. The van der Waals surface area contributed by atoms with Gasteiger partial charge in [-0.3, -0.25) is 0 Å². The summed E-state index contributed by atoms with van der Waals surface area (Å²) < 4.78 is 11.0. The van der Waals surface area contributed by atoms with Crippen LogP contribution in [0.1, 0.15) is 50.0 Å². The van der Waals surface area contributed by atoms with Crippen LogP contribution in [-0.2, 0) is 11.2 Å². The predicted octanol–water partition coefficient (Wildman–Crippen LogP) is 3.06. The van der Waals surface area contributed by atoms with Gasteiger partial charge in [0.15, 0.2) is 0 Å². The molecule has 1 aromatic heterocycles. The van der Waals surface area contributed by atoms with Gasteiger partial charge < -0.3 is 14.5 Å². The molecule has 2 rings (SSSR count). The molecule has 1 aromatic rings. The summed E-state index contributed by atoms with van der Waals surface area (Å²) >= 11 is 0. The Bertz CT molecular complexity index is 322. The fourth-order valence-corrected chi connectivity index (χ4v) is 2.35. The molecule has 0 saturated heterocycles. The van der Waals surface area contributed by atoms with Gasteiger partial charge in [-0.25, -0.2) is 0 Å². The number of rotatable bonds is 7. The van der Waals surface area contributed by atoms with Crippen LogP contribution in [0, 0.1) is 0 Å². The van der Waals surface area contributed by atoms with Crippen molar-refractivity contribution >= 4 is 0 Å². The first-order valence-electron chi connectivity index (χ1n) is 6.79. The molecule has 0 aliphatic heterocycles. The van der Waals surface area contributed by atoms with E-state index < -0.39 is 0 Å². The molecule has 0 fully saturated rings. The van der Waals surface area contributed by atoms with Crippen molar-refractivity contribution in [1.29, 1.82) is 0 Å². The molecule has 0 radical (unpaired) electrons. The molecule has 1 unspecified atom stereocenters. The lowest BCUT2D eigenvalue weighted by atomic mass is 9.93. The average molecular weight is 237 g/mol. The fraction of sp³-hybridized carbons (Fsp3) is 0.714. The van der Waals surface area contributed by atoms with Gasteiger partial charge in [0.05, 0.1) is 12.9 Å². The first-order valence-corrected chi connectivity index (χ1v) is 6.79. The Balaban J connectivity index is 1.67. The molecule has 0 amide bonds. The average Bonchev–Trinajstić information content (AvgIpc) is 2.82. The summed E-state index contributed by atoms with van der Waals surface area (Å²) in [6.07, 6.45) is 7.69. The minimum absolute atomic E-state index is 0.465. The maximum atomic E-state index is 5.55. The molecule has 1 aliphatic rings. The van der Waals surface area contributed by atoms with Crippen molar-refractivity contribution in [3.63, 3.8) is 0 Å². The van der Waals surface area contributed by atoms with Crippen molar-refractivity contribution in [3.05, 3.63) is 23.7 Å². The third-order valence-corrected chi connectivity index (χ3v) is 3.33. The van der Waals surface area contributed by atoms with Crippen molar-refractivity contribution in [2.45, 2.75) is 45.1 Å². The molecule has 1 N–H and O–H groups in total. The Morgan fingerprint density at radius 1 is 1.47 bits per heavy atom. The standard InChI is InChI=1S/C14H23NO2/c1-2-3-9-16-11-8-15-13-5-4-6-14-12(13)7-10-17-14/h7,10,13,15H,2-6,8-9,11H2,1H3. The Kier molecular flexibility index (Phi) is 5.08. The highest BCUT2D eigenvalue weighted by Crippen LogP contribution is 2.30. The summed E-state index contributed by atoms with van der Waals surface area (Å²) in [5.41, 5.74) is 1.35. The van der Waals surface area contributed by atoms with Crippen LogP contribution < -0.4 is 5.32 Å². The third kappa shape index (κ3) is 3.58. The number of aryl methyl sites for hydroxylation is 1. The lowest BCUT2D eigenvalue weighted by Crippen LogP contribution is -2.27. The summed E-state index contributed by atoms with van der Waals surface area (Å²) in [5.74, 6) is 1.17. The van der Waals surface area contributed by atoms with Crippen molar-refractivity contribution in [2.75, 3.05) is 19.8 Å². The van der Waals surface area contributed by atoms with E-state index in [1.54, 1.807) is 0 Å². The summed E-state index contributed by atoms with van der Waals surface area (Å²) in [6, 6.07) is 2.57. The van der Waals surface area contributed by atoms with Gasteiger partial charge in [0, 0.05) is 31.2 Å². The molecular weight excluding hydrogens is 214 g/mol. The van der Waals surface area contributed by atoms with Gasteiger partial charge in [-0.2, -0.15) is 0 Å². The van der Waals surface area contributed by atoms with E-state index in [1.807, 2.05) is 6.26 Å². The molecule has 96 valence electrons. The summed E-state index contributed by atoms with van der Waals surface area (Å²) in [5, 5.41) is 3.56. The minimum atomic E-state index is 0.465. The molecule has 17 heavy (non-hydrogen) atoms. The van der Waals surface area contributed by atoms with Crippen molar-refractivity contribution in [3.8, 4) is 0 Å². The summed E-state index contributed by atoms with van der Waals surface area (Å²) in [7, 11) is 0. The lowest BCUT2D eigenvalue weighted by molar-refractivity contribution is 0.130. The number of hydrogen-bond donors (Lipinski definition) is 1. The van der Waals surface area contributed by atoms with Crippen LogP contribution in [-0.4, -0.2) is 19.8 Å². The first kappa shape index (κ1) is 12.7. The van der Waals surface area contributed by atoms with E-state index in [-0.39, 0.29) is 0 Å². The van der Waals surface area contributed by atoms with Gasteiger partial charge in [0.2, 0.25) is 0 Å². The van der Waals surface area contributed by atoms with E-state index in [2.05, 4.69) is 18.3 Å². The molecular formula is C14H23NO2. The molecule has 1 heterocycles. The zero-order chi connectivity index (χ0) is 11.9. The second-order valence-electron chi connectivity index (χ2n) is 4.66. The maximum absolute atomic E-state index is 5.55. The van der Waals surface area contributed by atoms with E-state index in [1.165, 1.54) is 30.6 Å². The largest absolute Gasteiger partial charge is 0.469 e. The normalized spacial score (nSPS) is 19.2. The molecule has 1 aliphatic carbocycles. The van der Waals surface area contributed by atoms with Gasteiger partial charge in [0.25, 0.3) is 0 Å². The van der Waals surface area contributed by atoms with Crippen LogP contribution in [0.5, 0.6) is 0 Å². The highest BCUT2D eigenvalue weighted by atomic mass is 16.5. The Morgan fingerprint density at radius 2 is 2.41 bits per heavy atom. The van der Waals surface area contributed by atoms with Gasteiger partial charge >= 0.3 is 0 Å². The van der Waals surface area contributed by atoms with Gasteiger partial charge in [-0.15, -0.1) is 0 Å². The Morgan fingerprint density at radius 3 is 3.29 bits per heavy atom. The highest BCUT2D eigenvalue weighted by Gasteiger charge is 2.21. The first-order chi connectivity index (χ1) is 8.42. The van der Waals surface area contributed by atoms with E-state index >= 15 is 0 Å². The topological polar surface area (TPSA) is 34.4 Å². The Hall–Kier alpha value is -0.800. The molecule has 0 spiro atoms.